The number of rotatable bonds is 4. The highest BCUT2D eigenvalue weighted by molar-refractivity contribution is 7.23. The Balaban J connectivity index is 1.74. The molecule has 1 amide bonds. The van der Waals surface area contributed by atoms with Gasteiger partial charge in [-0.2, -0.15) is 0 Å². The molecule has 2 heterocycles. The molecule has 0 aliphatic rings. The largest absolute Gasteiger partial charge is 0.324 e. The molecule has 0 bridgehead atoms. The Morgan fingerprint density at radius 1 is 1.21 bits per heavy atom. The molecule has 1 N–H and O–H groups in total. The molecule has 0 radical (unpaired) electrons. The zero-order valence-corrected chi connectivity index (χ0v) is 14.8. The Kier molecular flexibility index (Phi) is 4.81. The lowest BCUT2D eigenvalue weighted by atomic mass is 10.3. The molecule has 0 aliphatic carbocycles. The molecular formula is C14H7Cl2N3O3S2. The summed E-state index contributed by atoms with van der Waals surface area (Å²) in [5, 5.41) is 14.6. The molecule has 3 aromatic rings. The number of nitrogens with one attached hydrogen (secondary N) is 1. The number of hydrogen-bond acceptors (Lipinski definition) is 6. The Bertz CT molecular complexity index is 942. The lowest BCUT2D eigenvalue weighted by molar-refractivity contribution is -0.380. The van der Waals surface area contributed by atoms with Crippen LogP contribution in [0.1, 0.15) is 4.88 Å². The third-order valence-electron chi connectivity index (χ3n) is 2.87. The fourth-order valence-corrected chi connectivity index (χ4v) is 3.98. The standard InChI is InChI=1S/C14H7Cl2N3O3S2/c15-8-3-4-9(16)13-12(8)18-14(24-13)17-10(20)5-1-7-2-6-11(23-7)19(21)22/h1-6H,(H,17,18,20)/b5-1+. The summed E-state index contributed by atoms with van der Waals surface area (Å²) < 4.78 is 0.692. The highest BCUT2D eigenvalue weighted by Crippen LogP contribution is 2.36. The van der Waals surface area contributed by atoms with Crippen LogP contribution in [0.25, 0.3) is 16.3 Å². The van der Waals surface area contributed by atoms with E-state index in [2.05, 4.69) is 10.3 Å². The summed E-state index contributed by atoms with van der Waals surface area (Å²) in [5.41, 5.74) is 0.530. The van der Waals surface area contributed by atoms with Gasteiger partial charge in [-0.3, -0.25) is 20.2 Å². The van der Waals surface area contributed by atoms with Crippen molar-refractivity contribution in [3.63, 3.8) is 0 Å². The minimum atomic E-state index is -0.476. The minimum Gasteiger partial charge on any atom is -0.298 e. The van der Waals surface area contributed by atoms with Gasteiger partial charge in [0.2, 0.25) is 5.91 Å². The van der Waals surface area contributed by atoms with E-state index in [9.17, 15) is 14.9 Å². The number of carbonyl (C=O) groups is 1. The third-order valence-corrected chi connectivity index (χ3v) is 5.61. The number of anilines is 1. The van der Waals surface area contributed by atoms with Crippen molar-refractivity contribution in [1.29, 1.82) is 0 Å². The summed E-state index contributed by atoms with van der Waals surface area (Å²) in [7, 11) is 0. The molecule has 6 nitrogen and oxygen atoms in total. The predicted molar refractivity (Wildman–Crippen MR) is 98.3 cm³/mol. The summed E-state index contributed by atoms with van der Waals surface area (Å²) in [6.45, 7) is 0. The first-order valence-corrected chi connectivity index (χ1v) is 8.81. The molecule has 24 heavy (non-hydrogen) atoms. The Labute approximate surface area is 153 Å². The molecular weight excluding hydrogens is 393 g/mol. The van der Waals surface area contributed by atoms with Gasteiger partial charge in [0, 0.05) is 17.0 Å². The molecule has 122 valence electrons. The fraction of sp³-hybridized carbons (Fsp3) is 0. The minimum absolute atomic E-state index is 0.0190. The number of amides is 1. The second-order valence-corrected chi connectivity index (χ2v) is 7.39. The van der Waals surface area contributed by atoms with Gasteiger partial charge in [0.1, 0.15) is 5.52 Å². The van der Waals surface area contributed by atoms with E-state index in [0.717, 1.165) is 11.3 Å². The molecule has 0 spiro atoms. The number of carbonyl (C=O) groups excluding carboxylic acids is 1. The highest BCUT2D eigenvalue weighted by Gasteiger charge is 2.12. The number of benzene rings is 1. The quantitative estimate of drug-likeness (QED) is 0.369. The van der Waals surface area contributed by atoms with Gasteiger partial charge in [-0.15, -0.1) is 0 Å². The molecule has 0 atom stereocenters. The van der Waals surface area contributed by atoms with Crippen molar-refractivity contribution in [2.75, 3.05) is 5.32 Å². The van der Waals surface area contributed by atoms with Crippen LogP contribution in [0.3, 0.4) is 0 Å². The molecule has 0 fully saturated rings. The first-order chi connectivity index (χ1) is 11.4. The maximum absolute atomic E-state index is 11.9. The SMILES string of the molecule is O=C(/C=C/c1ccc([N+](=O)[O-])s1)Nc1nc2c(Cl)ccc(Cl)c2s1. The maximum atomic E-state index is 11.9. The lowest BCUT2D eigenvalue weighted by Crippen LogP contribution is -2.06. The summed E-state index contributed by atoms with van der Waals surface area (Å²) >= 11 is 14.3. The monoisotopic (exact) mass is 399 g/mol. The van der Waals surface area contributed by atoms with E-state index < -0.39 is 10.8 Å². The van der Waals surface area contributed by atoms with Crippen LogP contribution >= 0.6 is 45.9 Å². The second-order valence-electron chi connectivity index (χ2n) is 4.48. The van der Waals surface area contributed by atoms with Crippen LogP contribution in [0.15, 0.2) is 30.3 Å². The zero-order chi connectivity index (χ0) is 17.3. The smallest absolute Gasteiger partial charge is 0.298 e. The predicted octanol–water partition coefficient (Wildman–Crippen LogP) is 5.22. The molecule has 0 unspecified atom stereocenters. The number of halogens is 2. The Morgan fingerprint density at radius 3 is 2.62 bits per heavy atom. The number of aromatic nitrogens is 1. The van der Waals surface area contributed by atoms with Gasteiger partial charge >= 0.3 is 5.00 Å². The number of hydrogen-bond donors (Lipinski definition) is 1. The van der Waals surface area contributed by atoms with E-state index in [-0.39, 0.29) is 5.00 Å². The number of nitrogens with zero attached hydrogens (tertiary/aromatic N) is 2. The van der Waals surface area contributed by atoms with Gasteiger partial charge < -0.3 is 0 Å². The number of thiazole rings is 1. The topological polar surface area (TPSA) is 85.1 Å². The number of fused-ring (bicyclic) bond motifs is 1. The average molecular weight is 400 g/mol. The van der Waals surface area contributed by atoms with E-state index in [1.54, 1.807) is 18.2 Å². The summed E-state index contributed by atoms with van der Waals surface area (Å²) in [6, 6.07) is 6.27. The molecule has 1 aromatic carbocycles. The van der Waals surface area contributed by atoms with Crippen molar-refractivity contribution in [2.45, 2.75) is 0 Å². The van der Waals surface area contributed by atoms with Crippen LogP contribution in [0.2, 0.25) is 10.0 Å². The van der Waals surface area contributed by atoms with Crippen LogP contribution in [-0.4, -0.2) is 15.8 Å². The summed E-state index contributed by atoms with van der Waals surface area (Å²) in [5.74, 6) is -0.405. The summed E-state index contributed by atoms with van der Waals surface area (Å²) in [4.78, 5) is 26.9. The molecule has 0 saturated carbocycles. The molecule has 0 saturated heterocycles. The Morgan fingerprint density at radius 2 is 1.96 bits per heavy atom. The molecule has 10 heteroatoms. The van der Waals surface area contributed by atoms with Crippen molar-refractivity contribution in [3.05, 3.63) is 55.4 Å². The Hall–Kier alpha value is -2.00. The van der Waals surface area contributed by atoms with Gasteiger partial charge in [-0.05, 0) is 24.3 Å². The van der Waals surface area contributed by atoms with Crippen LogP contribution in [0, 0.1) is 10.1 Å². The van der Waals surface area contributed by atoms with Gasteiger partial charge in [-0.25, -0.2) is 4.98 Å². The molecule has 2 aromatic heterocycles. The van der Waals surface area contributed by atoms with Gasteiger partial charge in [0.15, 0.2) is 5.13 Å². The van der Waals surface area contributed by atoms with Crippen LogP contribution in [0.4, 0.5) is 10.1 Å². The number of thiophene rings is 1. The first kappa shape index (κ1) is 16.8. The molecule has 0 aliphatic heterocycles. The van der Waals surface area contributed by atoms with Gasteiger partial charge in [-0.1, -0.05) is 45.9 Å². The van der Waals surface area contributed by atoms with E-state index in [1.807, 2.05) is 0 Å². The van der Waals surface area contributed by atoms with Gasteiger partial charge in [0.05, 0.1) is 19.7 Å². The van der Waals surface area contributed by atoms with Crippen LogP contribution < -0.4 is 5.32 Å². The highest BCUT2D eigenvalue weighted by atomic mass is 35.5. The van der Waals surface area contributed by atoms with E-state index in [1.165, 1.54) is 29.6 Å². The molecule has 3 rings (SSSR count). The van der Waals surface area contributed by atoms with E-state index in [4.69, 9.17) is 23.2 Å². The van der Waals surface area contributed by atoms with Crippen molar-refractivity contribution < 1.29 is 9.72 Å². The third kappa shape index (κ3) is 3.57. The van der Waals surface area contributed by atoms with Crippen molar-refractivity contribution in [3.8, 4) is 0 Å². The van der Waals surface area contributed by atoms with Crippen molar-refractivity contribution in [2.24, 2.45) is 0 Å². The summed E-state index contributed by atoms with van der Waals surface area (Å²) in [6.07, 6.45) is 2.78. The van der Waals surface area contributed by atoms with Crippen molar-refractivity contribution in [1.82, 2.24) is 4.98 Å². The van der Waals surface area contributed by atoms with Crippen LogP contribution in [0.5, 0.6) is 0 Å². The van der Waals surface area contributed by atoms with E-state index in [0.29, 0.717) is 30.3 Å². The maximum Gasteiger partial charge on any atom is 0.324 e. The number of nitro groups is 1. The van der Waals surface area contributed by atoms with Crippen molar-refractivity contribution >= 4 is 78.2 Å². The second kappa shape index (κ2) is 6.86. The normalized spacial score (nSPS) is 11.2. The van der Waals surface area contributed by atoms with Crippen LogP contribution in [-0.2, 0) is 4.79 Å². The lowest BCUT2D eigenvalue weighted by Gasteiger charge is -1.94. The average Bonchev–Trinajstić information content (AvgIpc) is 3.16. The van der Waals surface area contributed by atoms with Gasteiger partial charge in [0.25, 0.3) is 0 Å². The zero-order valence-electron chi connectivity index (χ0n) is 11.7. The van der Waals surface area contributed by atoms with E-state index >= 15 is 0 Å². The first-order valence-electron chi connectivity index (χ1n) is 6.42. The fourth-order valence-electron chi connectivity index (χ4n) is 1.83.